The monoisotopic (exact) mass is 232 g/mol. The van der Waals surface area contributed by atoms with Crippen molar-refractivity contribution in [2.45, 2.75) is 6.92 Å². The minimum Gasteiger partial charge on any atom is -0.478 e. The molecule has 1 amide bonds. The van der Waals surface area contributed by atoms with Gasteiger partial charge in [-0.05, 0) is 13.0 Å². The fourth-order valence-corrected chi connectivity index (χ4v) is 1.11. The summed E-state index contributed by atoms with van der Waals surface area (Å²) in [5.41, 5.74) is 0.183. The second kappa shape index (κ2) is 6.22. The lowest BCUT2D eigenvalue weighted by Gasteiger charge is -2.04. The number of anilines is 1. The molecule has 0 aliphatic rings. The number of pyridine rings is 1. The molecule has 2 N–H and O–H groups in total. The zero-order valence-corrected chi connectivity index (χ0v) is 9.25. The first kappa shape index (κ1) is 12.6. The Morgan fingerprint density at radius 2 is 2.18 bits per heavy atom. The second-order valence-corrected chi connectivity index (χ2v) is 3.10. The smallest absolute Gasteiger partial charge is 0.337 e. The number of allylic oxidation sites excluding steroid dienone is 3. The average Bonchev–Trinajstić information content (AvgIpc) is 2.29. The maximum absolute atomic E-state index is 11.4. The molecule has 1 heterocycles. The molecule has 0 spiro atoms. The van der Waals surface area contributed by atoms with Crippen LogP contribution in [0.4, 0.5) is 5.69 Å². The highest BCUT2D eigenvalue weighted by Gasteiger charge is 2.10. The van der Waals surface area contributed by atoms with E-state index in [0.717, 1.165) is 0 Å². The number of carboxylic acid groups (broad SMARTS) is 1. The fraction of sp³-hybridized carbons (Fsp3) is 0.0833. The van der Waals surface area contributed by atoms with Crippen LogP contribution < -0.4 is 5.32 Å². The Morgan fingerprint density at radius 1 is 1.41 bits per heavy atom. The van der Waals surface area contributed by atoms with Gasteiger partial charge in [-0.25, -0.2) is 4.79 Å². The molecule has 5 nitrogen and oxygen atoms in total. The van der Waals surface area contributed by atoms with Crippen molar-refractivity contribution in [2.24, 2.45) is 0 Å². The highest BCUT2D eigenvalue weighted by molar-refractivity contribution is 6.04. The van der Waals surface area contributed by atoms with Crippen molar-refractivity contribution in [1.82, 2.24) is 4.98 Å². The number of nitrogens with one attached hydrogen (secondary N) is 1. The van der Waals surface area contributed by atoms with Gasteiger partial charge < -0.3 is 10.4 Å². The molecule has 17 heavy (non-hydrogen) atoms. The van der Waals surface area contributed by atoms with Crippen molar-refractivity contribution in [3.05, 3.63) is 48.3 Å². The van der Waals surface area contributed by atoms with Crippen LogP contribution in [0.25, 0.3) is 0 Å². The van der Waals surface area contributed by atoms with Crippen LogP contribution in [0.1, 0.15) is 17.3 Å². The molecule has 0 saturated carbocycles. The molecule has 0 radical (unpaired) electrons. The Bertz CT molecular complexity index is 478. The molecule has 0 saturated heterocycles. The van der Waals surface area contributed by atoms with E-state index in [1.165, 1.54) is 24.5 Å². The largest absolute Gasteiger partial charge is 0.478 e. The number of carboxylic acids is 1. The third-order valence-electron chi connectivity index (χ3n) is 1.86. The SMILES string of the molecule is CC=CC=CC(=O)Nc1cnccc1C(=O)O. The number of amides is 1. The zero-order chi connectivity index (χ0) is 12.7. The Labute approximate surface area is 98.5 Å². The minimum atomic E-state index is -1.11. The first-order chi connectivity index (χ1) is 8.15. The predicted molar refractivity (Wildman–Crippen MR) is 63.8 cm³/mol. The van der Waals surface area contributed by atoms with E-state index >= 15 is 0 Å². The summed E-state index contributed by atoms with van der Waals surface area (Å²) in [6.07, 6.45) is 8.99. The topological polar surface area (TPSA) is 79.3 Å². The summed E-state index contributed by atoms with van der Waals surface area (Å²) in [4.78, 5) is 26.0. The van der Waals surface area contributed by atoms with Crippen LogP contribution in [-0.2, 0) is 4.79 Å². The molecule has 0 fully saturated rings. The molecule has 1 rings (SSSR count). The Balaban J connectivity index is 2.81. The standard InChI is InChI=1S/C12H12N2O3/c1-2-3-4-5-11(15)14-10-8-13-7-6-9(10)12(16)17/h2-8H,1H3,(H,14,15)(H,16,17). The lowest BCUT2D eigenvalue weighted by atomic mass is 10.2. The molecule has 0 unspecified atom stereocenters. The number of carbonyl (C=O) groups is 2. The highest BCUT2D eigenvalue weighted by Crippen LogP contribution is 2.12. The second-order valence-electron chi connectivity index (χ2n) is 3.10. The van der Waals surface area contributed by atoms with Crippen molar-refractivity contribution in [2.75, 3.05) is 5.32 Å². The van der Waals surface area contributed by atoms with Crippen molar-refractivity contribution < 1.29 is 14.7 Å². The van der Waals surface area contributed by atoms with Gasteiger partial charge in [0.25, 0.3) is 0 Å². The number of hydrogen-bond donors (Lipinski definition) is 2. The van der Waals surface area contributed by atoms with Crippen LogP contribution in [0.15, 0.2) is 42.8 Å². The quantitative estimate of drug-likeness (QED) is 0.613. The fourth-order valence-electron chi connectivity index (χ4n) is 1.11. The van der Waals surface area contributed by atoms with E-state index in [1.807, 2.05) is 6.92 Å². The van der Waals surface area contributed by atoms with Crippen molar-refractivity contribution in [3.63, 3.8) is 0 Å². The van der Waals surface area contributed by atoms with Crippen LogP contribution in [0.5, 0.6) is 0 Å². The molecule has 88 valence electrons. The lowest BCUT2D eigenvalue weighted by molar-refractivity contribution is -0.111. The summed E-state index contributed by atoms with van der Waals surface area (Å²) >= 11 is 0. The Morgan fingerprint density at radius 3 is 2.82 bits per heavy atom. The van der Waals surface area contributed by atoms with Crippen molar-refractivity contribution in [1.29, 1.82) is 0 Å². The van der Waals surface area contributed by atoms with Gasteiger partial charge >= 0.3 is 5.97 Å². The number of nitrogens with zero attached hydrogens (tertiary/aromatic N) is 1. The van der Waals surface area contributed by atoms with Gasteiger partial charge in [-0.15, -0.1) is 0 Å². The number of rotatable bonds is 4. The molecule has 0 aliphatic heterocycles. The van der Waals surface area contributed by atoms with Crippen LogP contribution in [0, 0.1) is 0 Å². The summed E-state index contributed by atoms with van der Waals surface area (Å²) < 4.78 is 0. The van der Waals surface area contributed by atoms with Gasteiger partial charge in [-0.2, -0.15) is 0 Å². The minimum absolute atomic E-state index is 0.00721. The third-order valence-corrected chi connectivity index (χ3v) is 1.86. The van der Waals surface area contributed by atoms with Gasteiger partial charge in [0, 0.05) is 12.3 Å². The van der Waals surface area contributed by atoms with E-state index < -0.39 is 11.9 Å². The van der Waals surface area contributed by atoms with Gasteiger partial charge in [-0.3, -0.25) is 9.78 Å². The van der Waals surface area contributed by atoms with Crippen LogP contribution in [0.2, 0.25) is 0 Å². The van der Waals surface area contributed by atoms with Gasteiger partial charge in [0.2, 0.25) is 5.91 Å². The lowest BCUT2D eigenvalue weighted by Crippen LogP contribution is -2.12. The van der Waals surface area contributed by atoms with E-state index in [9.17, 15) is 9.59 Å². The summed E-state index contributed by atoms with van der Waals surface area (Å²) in [5, 5.41) is 11.3. The highest BCUT2D eigenvalue weighted by atomic mass is 16.4. The number of aromatic nitrogens is 1. The van der Waals surface area contributed by atoms with Crippen LogP contribution >= 0.6 is 0 Å². The number of carbonyl (C=O) groups excluding carboxylic acids is 1. The maximum Gasteiger partial charge on any atom is 0.337 e. The molecular formula is C12H12N2O3. The van der Waals surface area contributed by atoms with E-state index in [-0.39, 0.29) is 11.3 Å². The van der Waals surface area contributed by atoms with Gasteiger partial charge in [-0.1, -0.05) is 18.2 Å². The number of hydrogen-bond acceptors (Lipinski definition) is 3. The van der Waals surface area contributed by atoms with Gasteiger partial charge in [0.15, 0.2) is 0 Å². The zero-order valence-electron chi connectivity index (χ0n) is 9.25. The van der Waals surface area contributed by atoms with E-state index in [0.29, 0.717) is 0 Å². The average molecular weight is 232 g/mol. The van der Waals surface area contributed by atoms with Crippen LogP contribution in [0.3, 0.4) is 0 Å². The Kier molecular flexibility index (Phi) is 4.62. The van der Waals surface area contributed by atoms with Crippen molar-refractivity contribution in [3.8, 4) is 0 Å². The molecule has 1 aromatic rings. The van der Waals surface area contributed by atoms with E-state index in [4.69, 9.17) is 5.11 Å². The first-order valence-corrected chi connectivity index (χ1v) is 4.92. The van der Waals surface area contributed by atoms with Crippen LogP contribution in [-0.4, -0.2) is 22.0 Å². The molecule has 0 bridgehead atoms. The summed E-state index contributed by atoms with van der Waals surface area (Å²) in [6, 6.07) is 1.33. The number of aromatic carboxylic acids is 1. The normalized spacial score (nSPS) is 10.9. The summed E-state index contributed by atoms with van der Waals surface area (Å²) in [6.45, 7) is 1.83. The predicted octanol–water partition coefficient (Wildman–Crippen LogP) is 1.85. The van der Waals surface area contributed by atoms with Gasteiger partial charge in [0.1, 0.15) is 0 Å². The molecule has 1 aromatic heterocycles. The summed E-state index contributed by atoms with van der Waals surface area (Å²) in [7, 11) is 0. The molecule has 5 heteroatoms. The molecule has 0 aromatic carbocycles. The van der Waals surface area contributed by atoms with E-state index in [2.05, 4.69) is 10.3 Å². The maximum atomic E-state index is 11.4. The van der Waals surface area contributed by atoms with Crippen molar-refractivity contribution >= 4 is 17.6 Å². The summed E-state index contributed by atoms with van der Waals surface area (Å²) in [5.74, 6) is -1.52. The van der Waals surface area contributed by atoms with E-state index in [1.54, 1.807) is 18.2 Å². The Hall–Kier alpha value is -2.43. The molecule has 0 atom stereocenters. The third kappa shape index (κ3) is 3.90. The molecule has 0 aliphatic carbocycles. The first-order valence-electron chi connectivity index (χ1n) is 4.92. The van der Waals surface area contributed by atoms with Gasteiger partial charge in [0.05, 0.1) is 17.4 Å². The molecular weight excluding hydrogens is 220 g/mol.